The van der Waals surface area contributed by atoms with Crippen LogP contribution in [0.15, 0.2) is 71.8 Å². The van der Waals surface area contributed by atoms with Gasteiger partial charge >= 0.3 is 0 Å². The third-order valence-electron chi connectivity index (χ3n) is 3.96. The van der Waals surface area contributed by atoms with Crippen molar-refractivity contribution in [2.24, 2.45) is 0 Å². The molecule has 0 aliphatic carbocycles. The number of rotatable bonds is 7. The molecule has 28 heavy (non-hydrogen) atoms. The van der Waals surface area contributed by atoms with Crippen LogP contribution in [0, 0.1) is 0 Å². The number of sulfonamides is 1. The summed E-state index contributed by atoms with van der Waals surface area (Å²) in [5.41, 5.74) is 0.770. The smallest absolute Gasteiger partial charge is 0.266 e. The number of benzene rings is 2. The van der Waals surface area contributed by atoms with E-state index in [-0.39, 0.29) is 22.2 Å². The Morgan fingerprint density at radius 1 is 1.07 bits per heavy atom. The van der Waals surface area contributed by atoms with Crippen LogP contribution in [-0.2, 0) is 10.0 Å². The van der Waals surface area contributed by atoms with Crippen molar-refractivity contribution in [3.05, 3.63) is 66.9 Å². The summed E-state index contributed by atoms with van der Waals surface area (Å²) in [5.74, 6) is 0.857. The molecule has 3 N–H and O–H groups in total. The Balaban J connectivity index is 1.98. The number of aliphatic hydroxyl groups is 1. The standard InChI is InChI=1S/C19H19N3O5S/c1-27-16-8-10-17(11-9-16)28(25,26)22(13-23)18-3-2-12-20-19(18)21-14-4-6-15(24)7-5-14/h2-12,23-24H,13H2,1H3,(H,20,21). The van der Waals surface area contributed by atoms with E-state index in [4.69, 9.17) is 4.74 Å². The molecule has 2 aromatic carbocycles. The molecule has 0 bridgehead atoms. The minimum Gasteiger partial charge on any atom is -0.508 e. The minimum absolute atomic E-state index is 0.00165. The molecule has 0 aliphatic rings. The van der Waals surface area contributed by atoms with Crippen molar-refractivity contribution in [1.82, 2.24) is 4.98 Å². The zero-order valence-electron chi connectivity index (χ0n) is 15.0. The molecule has 3 aromatic rings. The number of phenols is 1. The number of phenolic OH excluding ortho intramolecular Hbond substituents is 1. The normalized spacial score (nSPS) is 11.1. The Hall–Kier alpha value is -3.30. The Kier molecular flexibility index (Phi) is 5.67. The summed E-state index contributed by atoms with van der Waals surface area (Å²) in [6, 6.07) is 15.2. The predicted molar refractivity (Wildman–Crippen MR) is 105 cm³/mol. The molecule has 0 atom stereocenters. The van der Waals surface area contributed by atoms with Crippen LogP contribution in [0.25, 0.3) is 0 Å². The van der Waals surface area contributed by atoms with Crippen LogP contribution in [0.1, 0.15) is 0 Å². The molecule has 0 saturated heterocycles. The van der Waals surface area contributed by atoms with Gasteiger partial charge in [-0.25, -0.2) is 17.7 Å². The first-order valence-corrected chi connectivity index (χ1v) is 9.68. The fourth-order valence-electron chi connectivity index (χ4n) is 2.53. The molecular weight excluding hydrogens is 382 g/mol. The average Bonchev–Trinajstić information content (AvgIpc) is 2.71. The van der Waals surface area contributed by atoms with E-state index in [2.05, 4.69) is 10.3 Å². The van der Waals surface area contributed by atoms with E-state index < -0.39 is 16.8 Å². The number of aliphatic hydroxyl groups excluding tert-OH is 1. The van der Waals surface area contributed by atoms with Gasteiger partial charge in [-0.15, -0.1) is 0 Å². The van der Waals surface area contributed by atoms with Crippen molar-refractivity contribution in [3.8, 4) is 11.5 Å². The van der Waals surface area contributed by atoms with Crippen molar-refractivity contribution >= 4 is 27.2 Å². The van der Waals surface area contributed by atoms with Gasteiger partial charge in [-0.05, 0) is 60.7 Å². The molecule has 3 rings (SSSR count). The van der Waals surface area contributed by atoms with E-state index >= 15 is 0 Å². The third-order valence-corrected chi connectivity index (χ3v) is 5.72. The number of aromatic nitrogens is 1. The molecule has 1 heterocycles. The van der Waals surface area contributed by atoms with E-state index in [1.165, 1.54) is 55.8 Å². The first-order chi connectivity index (χ1) is 13.5. The first kappa shape index (κ1) is 19.5. The van der Waals surface area contributed by atoms with Crippen LogP contribution in [0.5, 0.6) is 11.5 Å². The maximum Gasteiger partial charge on any atom is 0.266 e. The highest BCUT2D eigenvalue weighted by Crippen LogP contribution is 2.31. The molecule has 0 amide bonds. The average molecular weight is 401 g/mol. The van der Waals surface area contributed by atoms with Gasteiger partial charge in [0.1, 0.15) is 18.2 Å². The van der Waals surface area contributed by atoms with E-state index in [0.29, 0.717) is 11.4 Å². The summed E-state index contributed by atoms with van der Waals surface area (Å²) in [5, 5.41) is 22.2. The number of hydrogen-bond acceptors (Lipinski definition) is 7. The van der Waals surface area contributed by atoms with Gasteiger partial charge in [-0.3, -0.25) is 0 Å². The third kappa shape index (κ3) is 4.00. The van der Waals surface area contributed by atoms with Crippen molar-refractivity contribution < 1.29 is 23.4 Å². The molecule has 0 fully saturated rings. The number of aromatic hydroxyl groups is 1. The molecular formula is C19H19N3O5S. The van der Waals surface area contributed by atoms with E-state index in [9.17, 15) is 18.6 Å². The molecule has 146 valence electrons. The van der Waals surface area contributed by atoms with Gasteiger partial charge < -0.3 is 20.3 Å². The number of anilines is 3. The first-order valence-electron chi connectivity index (χ1n) is 8.24. The highest BCUT2D eigenvalue weighted by Gasteiger charge is 2.27. The second kappa shape index (κ2) is 8.15. The summed E-state index contributed by atoms with van der Waals surface area (Å²) in [7, 11) is -2.56. The lowest BCUT2D eigenvalue weighted by atomic mass is 10.3. The maximum atomic E-state index is 13.0. The molecule has 0 aliphatic heterocycles. The van der Waals surface area contributed by atoms with Crippen molar-refractivity contribution in [2.75, 3.05) is 23.5 Å². The molecule has 9 heteroatoms. The fourth-order valence-corrected chi connectivity index (χ4v) is 3.83. The highest BCUT2D eigenvalue weighted by molar-refractivity contribution is 7.92. The summed E-state index contributed by atoms with van der Waals surface area (Å²) >= 11 is 0. The lowest BCUT2D eigenvalue weighted by Gasteiger charge is -2.24. The quantitative estimate of drug-likeness (QED) is 0.412. The second-order valence-corrected chi connectivity index (χ2v) is 7.58. The number of hydrogen-bond donors (Lipinski definition) is 3. The van der Waals surface area contributed by atoms with Gasteiger partial charge in [-0.1, -0.05) is 0 Å². The van der Waals surface area contributed by atoms with Gasteiger partial charge in [0, 0.05) is 11.9 Å². The van der Waals surface area contributed by atoms with E-state index in [1.807, 2.05) is 0 Å². The molecule has 0 saturated carbocycles. The molecule has 1 aromatic heterocycles. The van der Waals surface area contributed by atoms with Crippen LogP contribution in [0.2, 0.25) is 0 Å². The topological polar surface area (TPSA) is 112 Å². The molecule has 0 radical (unpaired) electrons. The number of methoxy groups -OCH3 is 1. The lowest BCUT2D eigenvalue weighted by Crippen LogP contribution is -2.32. The number of ether oxygens (including phenoxy) is 1. The van der Waals surface area contributed by atoms with Crippen molar-refractivity contribution in [3.63, 3.8) is 0 Å². The van der Waals surface area contributed by atoms with Gasteiger partial charge in [-0.2, -0.15) is 0 Å². The lowest BCUT2D eigenvalue weighted by molar-refractivity contribution is 0.309. The van der Waals surface area contributed by atoms with Gasteiger partial charge in [0.2, 0.25) is 0 Å². The monoisotopic (exact) mass is 401 g/mol. The zero-order chi connectivity index (χ0) is 20.1. The SMILES string of the molecule is COc1ccc(S(=O)(=O)N(CO)c2cccnc2Nc2ccc(O)cc2)cc1. The molecule has 8 nitrogen and oxygen atoms in total. The van der Waals surface area contributed by atoms with Gasteiger partial charge in [0.25, 0.3) is 10.0 Å². The summed E-state index contributed by atoms with van der Waals surface area (Å²) < 4.78 is 32.0. The zero-order valence-corrected chi connectivity index (χ0v) is 15.8. The Morgan fingerprint density at radius 3 is 2.36 bits per heavy atom. The van der Waals surface area contributed by atoms with Crippen LogP contribution in [0.3, 0.4) is 0 Å². The molecule has 0 unspecified atom stereocenters. The van der Waals surface area contributed by atoms with E-state index in [0.717, 1.165) is 4.31 Å². The van der Waals surface area contributed by atoms with Crippen LogP contribution in [-0.4, -0.2) is 37.5 Å². The van der Waals surface area contributed by atoms with Crippen molar-refractivity contribution in [1.29, 1.82) is 0 Å². The number of nitrogens with zero attached hydrogens (tertiary/aromatic N) is 2. The largest absolute Gasteiger partial charge is 0.508 e. The van der Waals surface area contributed by atoms with Crippen LogP contribution < -0.4 is 14.4 Å². The second-order valence-electron chi connectivity index (χ2n) is 5.71. The number of nitrogens with one attached hydrogen (secondary N) is 1. The molecule has 0 spiro atoms. The van der Waals surface area contributed by atoms with Gasteiger partial charge in [0.05, 0.1) is 17.7 Å². The van der Waals surface area contributed by atoms with E-state index in [1.54, 1.807) is 18.2 Å². The fraction of sp³-hybridized carbons (Fsp3) is 0.105. The number of pyridine rings is 1. The highest BCUT2D eigenvalue weighted by atomic mass is 32.2. The Morgan fingerprint density at radius 2 is 1.75 bits per heavy atom. The van der Waals surface area contributed by atoms with Crippen LogP contribution in [0.4, 0.5) is 17.2 Å². The van der Waals surface area contributed by atoms with Gasteiger partial charge in [0.15, 0.2) is 5.82 Å². The van der Waals surface area contributed by atoms with Crippen molar-refractivity contribution in [2.45, 2.75) is 4.90 Å². The van der Waals surface area contributed by atoms with Crippen LogP contribution >= 0.6 is 0 Å². The Bertz CT molecular complexity index is 1040. The minimum atomic E-state index is -4.04. The Labute approximate surface area is 162 Å². The summed E-state index contributed by atoms with van der Waals surface area (Å²) in [6.07, 6.45) is 1.50. The predicted octanol–water partition coefficient (Wildman–Crippen LogP) is 2.68. The summed E-state index contributed by atoms with van der Waals surface area (Å²) in [4.78, 5) is 4.19. The maximum absolute atomic E-state index is 13.0. The summed E-state index contributed by atoms with van der Waals surface area (Å²) in [6.45, 7) is -0.773.